The maximum Gasteiger partial charge on any atom is 0.124 e. The molecule has 0 radical (unpaired) electrons. The van der Waals surface area contributed by atoms with Gasteiger partial charge in [0.25, 0.3) is 0 Å². The molecule has 0 saturated carbocycles. The summed E-state index contributed by atoms with van der Waals surface area (Å²) in [5, 5.41) is 0. The van der Waals surface area contributed by atoms with E-state index in [4.69, 9.17) is 10.5 Å². The van der Waals surface area contributed by atoms with Crippen LogP contribution in [0.25, 0.3) is 0 Å². The fourth-order valence-electron chi connectivity index (χ4n) is 2.77. The van der Waals surface area contributed by atoms with E-state index in [1.54, 1.807) is 7.11 Å². The van der Waals surface area contributed by atoms with Crippen molar-refractivity contribution in [2.75, 3.05) is 7.11 Å². The first-order valence-corrected chi connectivity index (χ1v) is 8.50. The molecular formula is C16H18BrNOS. The number of rotatable bonds is 3. The zero-order chi connectivity index (χ0) is 14.1. The number of methoxy groups -OCH3 is 1. The highest BCUT2D eigenvalue weighted by Gasteiger charge is 2.20. The van der Waals surface area contributed by atoms with Crippen molar-refractivity contribution in [3.63, 3.8) is 0 Å². The molecule has 0 fully saturated rings. The highest BCUT2D eigenvalue weighted by atomic mass is 79.9. The van der Waals surface area contributed by atoms with E-state index < -0.39 is 0 Å². The number of fused-ring (bicyclic) bond motifs is 1. The molecule has 1 unspecified atom stereocenters. The van der Waals surface area contributed by atoms with Gasteiger partial charge >= 0.3 is 0 Å². The molecule has 106 valence electrons. The van der Waals surface area contributed by atoms with Crippen molar-refractivity contribution in [1.82, 2.24) is 0 Å². The molecule has 1 aromatic heterocycles. The van der Waals surface area contributed by atoms with Gasteiger partial charge in [0.1, 0.15) is 5.75 Å². The average Bonchev–Trinajstić information content (AvgIpc) is 2.90. The summed E-state index contributed by atoms with van der Waals surface area (Å²) in [6.07, 6.45) is 5.03. The van der Waals surface area contributed by atoms with Gasteiger partial charge in [0, 0.05) is 19.8 Å². The fourth-order valence-corrected chi connectivity index (χ4v) is 4.43. The Balaban J connectivity index is 1.97. The van der Waals surface area contributed by atoms with Gasteiger partial charge in [-0.15, -0.1) is 11.3 Å². The molecule has 2 N–H and O–H groups in total. The molecule has 0 aliphatic heterocycles. The number of nitrogens with two attached hydrogens (primary N) is 1. The number of benzene rings is 1. The van der Waals surface area contributed by atoms with E-state index in [0.29, 0.717) is 0 Å². The van der Waals surface area contributed by atoms with Crippen LogP contribution in [0.2, 0.25) is 0 Å². The molecule has 1 heterocycles. The maximum absolute atomic E-state index is 6.48. The molecule has 0 saturated heterocycles. The third kappa shape index (κ3) is 2.65. The van der Waals surface area contributed by atoms with Crippen LogP contribution in [0, 0.1) is 0 Å². The summed E-state index contributed by atoms with van der Waals surface area (Å²) in [7, 11) is 1.69. The second-order valence-corrected chi connectivity index (χ2v) is 7.25. The van der Waals surface area contributed by atoms with Crippen molar-refractivity contribution < 1.29 is 4.74 Å². The average molecular weight is 352 g/mol. The first kappa shape index (κ1) is 14.1. The van der Waals surface area contributed by atoms with E-state index in [0.717, 1.165) is 15.8 Å². The summed E-state index contributed by atoms with van der Waals surface area (Å²) in [4.78, 5) is 2.77. The van der Waals surface area contributed by atoms with Crippen molar-refractivity contribution in [3.05, 3.63) is 49.6 Å². The summed E-state index contributed by atoms with van der Waals surface area (Å²) >= 11 is 5.38. The molecule has 4 heteroatoms. The lowest BCUT2D eigenvalue weighted by Gasteiger charge is -2.14. The number of ether oxygens (including phenoxy) is 1. The molecular weight excluding hydrogens is 334 g/mol. The number of thiophene rings is 1. The molecule has 0 spiro atoms. The molecule has 3 rings (SSSR count). The summed E-state index contributed by atoms with van der Waals surface area (Å²) < 4.78 is 6.48. The monoisotopic (exact) mass is 351 g/mol. The lowest BCUT2D eigenvalue weighted by Crippen LogP contribution is -2.11. The second-order valence-electron chi connectivity index (χ2n) is 5.17. The van der Waals surface area contributed by atoms with Crippen LogP contribution >= 0.6 is 27.3 Å². The zero-order valence-corrected chi connectivity index (χ0v) is 13.9. The van der Waals surface area contributed by atoms with Crippen molar-refractivity contribution in [1.29, 1.82) is 0 Å². The molecule has 20 heavy (non-hydrogen) atoms. The summed E-state index contributed by atoms with van der Waals surface area (Å²) in [6, 6.07) is 8.19. The zero-order valence-electron chi connectivity index (χ0n) is 11.5. The van der Waals surface area contributed by atoms with Gasteiger partial charge in [-0.25, -0.2) is 0 Å². The number of hydrogen-bond donors (Lipinski definition) is 1. The lowest BCUT2D eigenvalue weighted by atomic mass is 9.98. The van der Waals surface area contributed by atoms with Crippen molar-refractivity contribution in [2.45, 2.75) is 31.7 Å². The minimum absolute atomic E-state index is 0.113. The predicted octanol–water partition coefficient (Wildman–Crippen LogP) is 4.45. The van der Waals surface area contributed by atoms with E-state index in [1.807, 2.05) is 23.5 Å². The van der Waals surface area contributed by atoms with Crippen LogP contribution < -0.4 is 10.5 Å². The molecule has 2 nitrogen and oxygen atoms in total. The Labute approximate surface area is 132 Å². The predicted molar refractivity (Wildman–Crippen MR) is 87.7 cm³/mol. The maximum atomic E-state index is 6.48. The molecule has 1 aliphatic rings. The van der Waals surface area contributed by atoms with Gasteiger partial charge in [-0.1, -0.05) is 15.9 Å². The van der Waals surface area contributed by atoms with Gasteiger partial charge in [-0.2, -0.15) is 0 Å². The van der Waals surface area contributed by atoms with Crippen molar-refractivity contribution in [3.8, 4) is 5.75 Å². The van der Waals surface area contributed by atoms with Gasteiger partial charge in [-0.05, 0) is 55.5 Å². The van der Waals surface area contributed by atoms with E-state index in [1.165, 1.54) is 41.0 Å². The molecule has 1 atom stereocenters. The second kappa shape index (κ2) is 5.88. The lowest BCUT2D eigenvalue weighted by molar-refractivity contribution is 0.408. The first-order chi connectivity index (χ1) is 9.69. The van der Waals surface area contributed by atoms with E-state index in [-0.39, 0.29) is 6.04 Å². The Hall–Kier alpha value is -0.840. The molecule has 0 amide bonds. The highest BCUT2D eigenvalue weighted by molar-refractivity contribution is 9.10. The Bertz CT molecular complexity index is 599. The Morgan fingerprint density at radius 3 is 2.80 bits per heavy atom. The van der Waals surface area contributed by atoms with Crippen molar-refractivity contribution >= 4 is 27.3 Å². The summed E-state index contributed by atoms with van der Waals surface area (Å²) in [5.41, 5.74) is 9.03. The molecule has 1 aromatic carbocycles. The largest absolute Gasteiger partial charge is 0.496 e. The summed E-state index contributed by atoms with van der Waals surface area (Å²) in [6.45, 7) is 0. The van der Waals surface area contributed by atoms with Crippen LogP contribution in [0.5, 0.6) is 5.75 Å². The fraction of sp³-hybridized carbons (Fsp3) is 0.375. The minimum Gasteiger partial charge on any atom is -0.496 e. The smallest absolute Gasteiger partial charge is 0.124 e. The number of aryl methyl sites for hydroxylation is 2. The van der Waals surface area contributed by atoms with Gasteiger partial charge in [-0.3, -0.25) is 0 Å². The molecule has 0 bridgehead atoms. The summed E-state index contributed by atoms with van der Waals surface area (Å²) in [5.74, 6) is 0.854. The number of halogens is 1. The highest BCUT2D eigenvalue weighted by Crippen LogP contribution is 2.37. The minimum atomic E-state index is -0.113. The third-order valence-corrected chi connectivity index (χ3v) is 5.66. The normalized spacial score (nSPS) is 15.8. The topological polar surface area (TPSA) is 35.2 Å². The van der Waals surface area contributed by atoms with E-state index >= 15 is 0 Å². The van der Waals surface area contributed by atoms with Gasteiger partial charge in [0.05, 0.1) is 13.2 Å². The Morgan fingerprint density at radius 2 is 2.05 bits per heavy atom. The van der Waals surface area contributed by atoms with Crippen LogP contribution in [0.3, 0.4) is 0 Å². The van der Waals surface area contributed by atoms with Crippen LogP contribution in [0.4, 0.5) is 0 Å². The van der Waals surface area contributed by atoms with Gasteiger partial charge in [0.2, 0.25) is 0 Å². The number of hydrogen-bond acceptors (Lipinski definition) is 3. The van der Waals surface area contributed by atoms with Crippen LogP contribution in [-0.4, -0.2) is 7.11 Å². The standard InChI is InChI=1S/C16H18BrNOS/c1-19-13-7-6-11(17)9-12(13)16(18)15-8-10-4-2-3-5-14(10)20-15/h6-9,16H,2-5,18H2,1H3. The third-order valence-electron chi connectivity index (χ3n) is 3.85. The molecule has 2 aromatic rings. The van der Waals surface area contributed by atoms with E-state index in [2.05, 4.69) is 28.1 Å². The van der Waals surface area contributed by atoms with Gasteiger partial charge < -0.3 is 10.5 Å². The van der Waals surface area contributed by atoms with Crippen LogP contribution in [0.1, 0.15) is 39.8 Å². The van der Waals surface area contributed by atoms with E-state index in [9.17, 15) is 0 Å². The molecule has 1 aliphatic carbocycles. The van der Waals surface area contributed by atoms with Crippen LogP contribution in [-0.2, 0) is 12.8 Å². The Morgan fingerprint density at radius 1 is 1.25 bits per heavy atom. The SMILES string of the molecule is COc1ccc(Br)cc1C(N)c1cc2c(s1)CCCC2. The first-order valence-electron chi connectivity index (χ1n) is 6.89. The van der Waals surface area contributed by atoms with Crippen molar-refractivity contribution in [2.24, 2.45) is 5.73 Å². The van der Waals surface area contributed by atoms with Gasteiger partial charge in [0.15, 0.2) is 0 Å². The van der Waals surface area contributed by atoms with Crippen LogP contribution in [0.15, 0.2) is 28.7 Å². The quantitative estimate of drug-likeness (QED) is 0.886. The Kier molecular flexibility index (Phi) is 4.15.